The molecular formula is C20H21N3O3S. The second-order valence-corrected chi connectivity index (χ2v) is 7.56. The molecule has 0 radical (unpaired) electrons. The highest BCUT2D eigenvalue weighted by Gasteiger charge is 2.28. The zero-order valence-electron chi connectivity index (χ0n) is 15.3. The number of methoxy groups -OCH3 is 1. The van der Waals surface area contributed by atoms with Crippen molar-refractivity contribution in [2.45, 2.75) is 25.7 Å². The zero-order chi connectivity index (χ0) is 18.8. The van der Waals surface area contributed by atoms with Gasteiger partial charge in [0.1, 0.15) is 5.75 Å². The van der Waals surface area contributed by atoms with E-state index in [4.69, 9.17) is 14.2 Å². The van der Waals surface area contributed by atoms with Gasteiger partial charge in [0.05, 0.1) is 23.5 Å². The van der Waals surface area contributed by atoms with E-state index >= 15 is 0 Å². The van der Waals surface area contributed by atoms with E-state index in [9.17, 15) is 4.79 Å². The number of carbonyl (C=O) groups is 1. The normalized spacial score (nSPS) is 15.1. The van der Waals surface area contributed by atoms with Crippen molar-refractivity contribution in [3.63, 3.8) is 0 Å². The van der Waals surface area contributed by atoms with E-state index in [1.54, 1.807) is 24.5 Å². The van der Waals surface area contributed by atoms with Crippen molar-refractivity contribution in [3.05, 3.63) is 52.2 Å². The molecule has 0 spiro atoms. The molecular weight excluding hydrogens is 362 g/mol. The van der Waals surface area contributed by atoms with Gasteiger partial charge in [-0.25, -0.2) is 4.98 Å². The third-order valence-electron chi connectivity index (χ3n) is 4.88. The van der Waals surface area contributed by atoms with Gasteiger partial charge in [-0.05, 0) is 31.9 Å². The SMILES string of the molecule is COc1ccccc1-c1csc(C2CCN(C(=O)c3cc(C)no3)CC2)n1. The Hall–Kier alpha value is -2.67. The smallest absolute Gasteiger partial charge is 0.292 e. The van der Waals surface area contributed by atoms with Crippen LogP contribution in [0.1, 0.15) is 40.0 Å². The minimum absolute atomic E-state index is 0.0806. The Morgan fingerprint density at radius 2 is 2.07 bits per heavy atom. The Morgan fingerprint density at radius 3 is 2.78 bits per heavy atom. The van der Waals surface area contributed by atoms with E-state index in [-0.39, 0.29) is 5.91 Å². The molecule has 2 aromatic heterocycles. The van der Waals surface area contributed by atoms with Gasteiger partial charge in [-0.15, -0.1) is 11.3 Å². The molecule has 0 saturated carbocycles. The maximum atomic E-state index is 12.5. The molecule has 1 aliphatic rings. The molecule has 3 aromatic rings. The number of rotatable bonds is 4. The van der Waals surface area contributed by atoms with Crippen LogP contribution in [0.25, 0.3) is 11.3 Å². The molecule has 1 aromatic carbocycles. The summed E-state index contributed by atoms with van der Waals surface area (Å²) < 4.78 is 10.5. The lowest BCUT2D eigenvalue weighted by Crippen LogP contribution is -2.37. The lowest BCUT2D eigenvalue weighted by molar-refractivity contribution is 0.0671. The minimum atomic E-state index is -0.0806. The number of aromatic nitrogens is 2. The van der Waals surface area contributed by atoms with Crippen LogP contribution < -0.4 is 4.74 Å². The summed E-state index contributed by atoms with van der Waals surface area (Å²) in [4.78, 5) is 19.2. The predicted octanol–water partition coefficient (Wildman–Crippen LogP) is 4.13. The second kappa shape index (κ2) is 7.52. The maximum Gasteiger partial charge on any atom is 0.292 e. The van der Waals surface area contributed by atoms with Gasteiger partial charge in [-0.1, -0.05) is 17.3 Å². The molecule has 0 unspecified atom stereocenters. The number of ether oxygens (including phenoxy) is 1. The zero-order valence-corrected chi connectivity index (χ0v) is 16.2. The van der Waals surface area contributed by atoms with Crippen molar-refractivity contribution in [1.29, 1.82) is 0 Å². The van der Waals surface area contributed by atoms with Gasteiger partial charge < -0.3 is 14.2 Å². The fraction of sp³-hybridized carbons (Fsp3) is 0.350. The number of amides is 1. The Morgan fingerprint density at radius 1 is 1.30 bits per heavy atom. The van der Waals surface area contributed by atoms with Crippen molar-refractivity contribution in [2.75, 3.05) is 20.2 Å². The monoisotopic (exact) mass is 383 g/mol. The standard InChI is InChI=1S/C20H21N3O3S/c1-13-11-18(26-22-13)20(24)23-9-7-14(8-10-23)19-21-16(12-27-19)15-5-3-4-6-17(15)25-2/h3-6,11-12,14H,7-10H2,1-2H3. The van der Waals surface area contributed by atoms with Crippen molar-refractivity contribution >= 4 is 17.2 Å². The highest BCUT2D eigenvalue weighted by atomic mass is 32.1. The molecule has 7 heteroatoms. The number of likely N-dealkylation sites (tertiary alicyclic amines) is 1. The van der Waals surface area contributed by atoms with Crippen LogP contribution in [-0.2, 0) is 0 Å². The van der Waals surface area contributed by atoms with E-state index in [2.05, 4.69) is 10.5 Å². The molecule has 27 heavy (non-hydrogen) atoms. The first kappa shape index (κ1) is 17.7. The highest BCUT2D eigenvalue weighted by Crippen LogP contribution is 2.35. The van der Waals surface area contributed by atoms with Gasteiger partial charge in [0.15, 0.2) is 0 Å². The number of benzene rings is 1. The van der Waals surface area contributed by atoms with Crippen LogP contribution in [0.3, 0.4) is 0 Å². The fourth-order valence-corrected chi connectivity index (χ4v) is 4.40. The number of hydrogen-bond donors (Lipinski definition) is 0. The second-order valence-electron chi connectivity index (χ2n) is 6.67. The van der Waals surface area contributed by atoms with Crippen LogP contribution in [0.15, 0.2) is 40.2 Å². The Kier molecular flexibility index (Phi) is 4.94. The van der Waals surface area contributed by atoms with E-state index in [0.29, 0.717) is 24.8 Å². The summed E-state index contributed by atoms with van der Waals surface area (Å²) >= 11 is 1.68. The average molecular weight is 383 g/mol. The molecule has 0 bridgehead atoms. The topological polar surface area (TPSA) is 68.5 Å². The minimum Gasteiger partial charge on any atom is -0.496 e. The first-order chi connectivity index (χ1) is 13.2. The summed E-state index contributed by atoms with van der Waals surface area (Å²) in [5.41, 5.74) is 2.68. The van der Waals surface area contributed by atoms with Crippen molar-refractivity contribution in [2.24, 2.45) is 0 Å². The first-order valence-electron chi connectivity index (χ1n) is 8.97. The van der Waals surface area contributed by atoms with Gasteiger partial charge in [-0.2, -0.15) is 0 Å². The largest absolute Gasteiger partial charge is 0.496 e. The number of para-hydroxylation sites is 1. The Balaban J connectivity index is 1.43. The molecule has 1 saturated heterocycles. The van der Waals surface area contributed by atoms with E-state index in [1.165, 1.54) is 0 Å². The third kappa shape index (κ3) is 3.60. The van der Waals surface area contributed by atoms with Crippen molar-refractivity contribution in [1.82, 2.24) is 15.0 Å². The number of aryl methyl sites for hydroxylation is 1. The van der Waals surface area contributed by atoms with Crippen LogP contribution in [0.5, 0.6) is 5.75 Å². The number of nitrogens with zero attached hydrogens (tertiary/aromatic N) is 3. The fourth-order valence-electron chi connectivity index (χ4n) is 3.40. The number of thiazole rings is 1. The summed E-state index contributed by atoms with van der Waals surface area (Å²) in [7, 11) is 1.68. The maximum absolute atomic E-state index is 12.5. The Labute approximate surface area is 161 Å². The summed E-state index contributed by atoms with van der Waals surface area (Å²) in [5.74, 6) is 1.44. The van der Waals surface area contributed by atoms with Gasteiger partial charge >= 0.3 is 0 Å². The molecule has 140 valence electrons. The van der Waals surface area contributed by atoms with Crippen LogP contribution in [0.4, 0.5) is 0 Å². The van der Waals surface area contributed by atoms with Crippen LogP contribution in [0.2, 0.25) is 0 Å². The summed E-state index contributed by atoms with van der Waals surface area (Å²) in [6.45, 7) is 3.22. The van der Waals surface area contributed by atoms with Gasteiger partial charge in [-0.3, -0.25) is 4.79 Å². The molecule has 6 nitrogen and oxygen atoms in total. The Bertz CT molecular complexity index is 941. The molecule has 3 heterocycles. The molecule has 4 rings (SSSR count). The molecule has 0 N–H and O–H groups in total. The molecule has 1 amide bonds. The third-order valence-corrected chi connectivity index (χ3v) is 5.88. The van der Waals surface area contributed by atoms with E-state index < -0.39 is 0 Å². The molecule has 1 aliphatic heterocycles. The lowest BCUT2D eigenvalue weighted by Gasteiger charge is -2.30. The van der Waals surface area contributed by atoms with Crippen LogP contribution in [0, 0.1) is 6.92 Å². The molecule has 0 aliphatic carbocycles. The van der Waals surface area contributed by atoms with E-state index in [1.807, 2.05) is 36.1 Å². The summed E-state index contributed by atoms with van der Waals surface area (Å²) in [6.07, 6.45) is 1.80. The predicted molar refractivity (Wildman–Crippen MR) is 103 cm³/mol. The molecule has 0 atom stereocenters. The number of hydrogen-bond acceptors (Lipinski definition) is 6. The number of piperidine rings is 1. The van der Waals surface area contributed by atoms with Crippen LogP contribution in [-0.4, -0.2) is 41.1 Å². The number of carbonyl (C=O) groups excluding carboxylic acids is 1. The van der Waals surface area contributed by atoms with Crippen molar-refractivity contribution in [3.8, 4) is 17.0 Å². The lowest BCUT2D eigenvalue weighted by atomic mass is 9.97. The van der Waals surface area contributed by atoms with E-state index in [0.717, 1.165) is 40.6 Å². The van der Waals surface area contributed by atoms with Crippen molar-refractivity contribution < 1.29 is 14.1 Å². The average Bonchev–Trinajstić information content (AvgIpc) is 3.37. The first-order valence-corrected chi connectivity index (χ1v) is 9.85. The van der Waals surface area contributed by atoms with Gasteiger partial charge in [0.2, 0.25) is 5.76 Å². The molecule has 1 fully saturated rings. The summed E-state index contributed by atoms with van der Waals surface area (Å²) in [5, 5.41) is 7.01. The van der Waals surface area contributed by atoms with Gasteiger partial charge in [0.25, 0.3) is 5.91 Å². The van der Waals surface area contributed by atoms with Gasteiger partial charge in [0, 0.05) is 36.0 Å². The summed E-state index contributed by atoms with van der Waals surface area (Å²) in [6, 6.07) is 9.61. The highest BCUT2D eigenvalue weighted by molar-refractivity contribution is 7.10. The van der Waals surface area contributed by atoms with Crippen LogP contribution >= 0.6 is 11.3 Å². The quantitative estimate of drug-likeness (QED) is 0.677.